The second kappa shape index (κ2) is 6.02. The average molecular weight is 256 g/mol. The fourth-order valence-electron chi connectivity index (χ4n) is 1.67. The predicted molar refractivity (Wildman–Crippen MR) is 73.8 cm³/mol. The standard InChI is InChI=1S/C15H16N2O2/c16-14(15(17)18)10-11-6-8-13(9-7-11)19-12-4-2-1-3-5-12/h1-9,14H,10,16H2,(H2,17,18). The van der Waals surface area contributed by atoms with Gasteiger partial charge in [-0.15, -0.1) is 0 Å². The Kier molecular flexibility index (Phi) is 4.15. The number of hydrogen-bond acceptors (Lipinski definition) is 3. The van der Waals surface area contributed by atoms with Crippen LogP contribution in [0, 0.1) is 0 Å². The molecule has 1 atom stereocenters. The van der Waals surface area contributed by atoms with Gasteiger partial charge in [-0.1, -0.05) is 30.3 Å². The molecule has 2 rings (SSSR count). The van der Waals surface area contributed by atoms with Crippen molar-refractivity contribution in [2.24, 2.45) is 11.5 Å². The first-order chi connectivity index (χ1) is 9.15. The van der Waals surface area contributed by atoms with Gasteiger partial charge in [-0.25, -0.2) is 0 Å². The number of amides is 1. The first-order valence-corrected chi connectivity index (χ1v) is 6.02. The van der Waals surface area contributed by atoms with Gasteiger partial charge in [-0.3, -0.25) is 4.79 Å². The van der Waals surface area contributed by atoms with Crippen molar-refractivity contribution in [2.45, 2.75) is 12.5 Å². The lowest BCUT2D eigenvalue weighted by atomic mass is 10.1. The van der Waals surface area contributed by atoms with Crippen LogP contribution in [0.1, 0.15) is 5.56 Å². The zero-order chi connectivity index (χ0) is 13.7. The molecule has 4 N–H and O–H groups in total. The van der Waals surface area contributed by atoms with Crippen LogP contribution in [0.5, 0.6) is 11.5 Å². The summed E-state index contributed by atoms with van der Waals surface area (Å²) in [5.74, 6) is 1.02. The second-order valence-electron chi connectivity index (χ2n) is 4.27. The molecule has 1 unspecified atom stereocenters. The largest absolute Gasteiger partial charge is 0.457 e. The highest BCUT2D eigenvalue weighted by atomic mass is 16.5. The predicted octanol–water partition coefficient (Wildman–Crippen LogP) is 1.83. The van der Waals surface area contributed by atoms with Gasteiger partial charge in [0, 0.05) is 0 Å². The molecule has 0 saturated carbocycles. The van der Waals surface area contributed by atoms with E-state index in [0.29, 0.717) is 6.42 Å². The molecule has 0 bridgehead atoms. The molecule has 0 aliphatic heterocycles. The number of carbonyl (C=O) groups excluding carboxylic acids is 1. The lowest BCUT2D eigenvalue weighted by Gasteiger charge is -2.09. The van der Waals surface area contributed by atoms with E-state index in [9.17, 15) is 4.79 Å². The Bertz CT molecular complexity index is 538. The number of carbonyl (C=O) groups is 1. The van der Waals surface area contributed by atoms with E-state index in [1.54, 1.807) is 0 Å². The van der Waals surface area contributed by atoms with E-state index in [2.05, 4.69) is 0 Å². The van der Waals surface area contributed by atoms with Crippen LogP contribution in [0.25, 0.3) is 0 Å². The summed E-state index contributed by atoms with van der Waals surface area (Å²) in [5.41, 5.74) is 11.7. The van der Waals surface area contributed by atoms with Gasteiger partial charge in [-0.2, -0.15) is 0 Å². The molecular formula is C15H16N2O2. The summed E-state index contributed by atoms with van der Waals surface area (Å²) in [7, 11) is 0. The monoisotopic (exact) mass is 256 g/mol. The van der Waals surface area contributed by atoms with Crippen LogP contribution in [0.15, 0.2) is 54.6 Å². The Morgan fingerprint density at radius 1 is 1.00 bits per heavy atom. The summed E-state index contributed by atoms with van der Waals surface area (Å²) < 4.78 is 5.66. The third kappa shape index (κ3) is 3.82. The normalized spacial score (nSPS) is 11.8. The zero-order valence-electron chi connectivity index (χ0n) is 10.5. The van der Waals surface area contributed by atoms with Gasteiger partial charge < -0.3 is 16.2 Å². The Morgan fingerprint density at radius 3 is 2.16 bits per heavy atom. The molecule has 4 nitrogen and oxygen atoms in total. The number of rotatable bonds is 5. The van der Waals surface area contributed by atoms with E-state index < -0.39 is 11.9 Å². The number of para-hydroxylation sites is 1. The number of primary amides is 1. The molecule has 0 spiro atoms. The van der Waals surface area contributed by atoms with E-state index in [1.165, 1.54) is 0 Å². The Morgan fingerprint density at radius 2 is 1.58 bits per heavy atom. The van der Waals surface area contributed by atoms with Crippen molar-refractivity contribution >= 4 is 5.91 Å². The second-order valence-corrected chi connectivity index (χ2v) is 4.27. The van der Waals surface area contributed by atoms with E-state index in [0.717, 1.165) is 17.1 Å². The first kappa shape index (κ1) is 13.1. The van der Waals surface area contributed by atoms with Gasteiger partial charge in [0.1, 0.15) is 11.5 Å². The smallest absolute Gasteiger partial charge is 0.234 e. The zero-order valence-corrected chi connectivity index (χ0v) is 10.5. The summed E-state index contributed by atoms with van der Waals surface area (Å²) in [6.45, 7) is 0. The summed E-state index contributed by atoms with van der Waals surface area (Å²) in [6.07, 6.45) is 0.431. The maximum Gasteiger partial charge on any atom is 0.234 e. The van der Waals surface area contributed by atoms with Crippen LogP contribution >= 0.6 is 0 Å². The van der Waals surface area contributed by atoms with E-state index in [4.69, 9.17) is 16.2 Å². The van der Waals surface area contributed by atoms with Crippen molar-refractivity contribution < 1.29 is 9.53 Å². The van der Waals surface area contributed by atoms with E-state index in [1.807, 2.05) is 54.6 Å². The molecule has 2 aromatic rings. The summed E-state index contributed by atoms with van der Waals surface area (Å²) in [6, 6.07) is 16.3. The van der Waals surface area contributed by atoms with Crippen molar-refractivity contribution in [3.63, 3.8) is 0 Å². The molecule has 1 amide bonds. The van der Waals surface area contributed by atoms with Crippen LogP contribution in [0.3, 0.4) is 0 Å². The molecule has 4 heteroatoms. The van der Waals surface area contributed by atoms with Crippen molar-refractivity contribution in [1.29, 1.82) is 0 Å². The molecule has 0 saturated heterocycles. The lowest BCUT2D eigenvalue weighted by Crippen LogP contribution is -2.38. The summed E-state index contributed by atoms with van der Waals surface area (Å²) >= 11 is 0. The number of ether oxygens (including phenoxy) is 1. The minimum Gasteiger partial charge on any atom is -0.457 e. The van der Waals surface area contributed by atoms with Gasteiger partial charge in [-0.05, 0) is 36.2 Å². The van der Waals surface area contributed by atoms with Crippen LogP contribution in [0.4, 0.5) is 0 Å². The molecule has 0 aliphatic rings. The molecule has 2 aromatic carbocycles. The van der Waals surface area contributed by atoms with Gasteiger partial charge in [0.2, 0.25) is 5.91 Å². The quantitative estimate of drug-likeness (QED) is 0.856. The fourth-order valence-corrected chi connectivity index (χ4v) is 1.67. The van der Waals surface area contributed by atoms with Crippen LogP contribution in [0.2, 0.25) is 0 Å². The van der Waals surface area contributed by atoms with Crippen LogP contribution in [-0.4, -0.2) is 11.9 Å². The molecule has 19 heavy (non-hydrogen) atoms. The third-order valence-corrected chi connectivity index (χ3v) is 2.72. The number of nitrogens with two attached hydrogens (primary N) is 2. The number of benzene rings is 2. The van der Waals surface area contributed by atoms with Gasteiger partial charge >= 0.3 is 0 Å². The topological polar surface area (TPSA) is 78.3 Å². The summed E-state index contributed by atoms with van der Waals surface area (Å²) in [5, 5.41) is 0. The van der Waals surface area contributed by atoms with Crippen LogP contribution < -0.4 is 16.2 Å². The summed E-state index contributed by atoms with van der Waals surface area (Å²) in [4.78, 5) is 10.9. The molecule has 0 aromatic heterocycles. The Balaban J connectivity index is 2.01. The average Bonchev–Trinajstić information content (AvgIpc) is 2.42. The highest BCUT2D eigenvalue weighted by molar-refractivity contribution is 5.79. The Hall–Kier alpha value is -2.33. The highest BCUT2D eigenvalue weighted by Gasteiger charge is 2.09. The molecule has 0 aliphatic carbocycles. The third-order valence-electron chi connectivity index (χ3n) is 2.72. The van der Waals surface area contributed by atoms with Crippen LogP contribution in [-0.2, 0) is 11.2 Å². The minimum atomic E-state index is -0.652. The van der Waals surface area contributed by atoms with Crippen molar-refractivity contribution in [1.82, 2.24) is 0 Å². The first-order valence-electron chi connectivity index (χ1n) is 6.02. The molecule has 98 valence electrons. The van der Waals surface area contributed by atoms with Gasteiger partial charge in [0.05, 0.1) is 6.04 Å². The lowest BCUT2D eigenvalue weighted by molar-refractivity contribution is -0.119. The van der Waals surface area contributed by atoms with E-state index >= 15 is 0 Å². The fraction of sp³-hybridized carbons (Fsp3) is 0.133. The van der Waals surface area contributed by atoms with Crippen molar-refractivity contribution in [3.05, 3.63) is 60.2 Å². The maximum atomic E-state index is 10.9. The van der Waals surface area contributed by atoms with Crippen molar-refractivity contribution in [2.75, 3.05) is 0 Å². The minimum absolute atomic E-state index is 0.431. The molecule has 0 fully saturated rings. The highest BCUT2D eigenvalue weighted by Crippen LogP contribution is 2.21. The molecular weight excluding hydrogens is 240 g/mol. The SMILES string of the molecule is NC(=O)C(N)Cc1ccc(Oc2ccccc2)cc1. The number of hydrogen-bond donors (Lipinski definition) is 2. The van der Waals surface area contributed by atoms with Gasteiger partial charge in [0.15, 0.2) is 0 Å². The van der Waals surface area contributed by atoms with Gasteiger partial charge in [0.25, 0.3) is 0 Å². The van der Waals surface area contributed by atoms with Crippen molar-refractivity contribution in [3.8, 4) is 11.5 Å². The molecule has 0 heterocycles. The van der Waals surface area contributed by atoms with E-state index in [-0.39, 0.29) is 0 Å². The molecule has 0 radical (unpaired) electrons. The Labute approximate surface area is 112 Å². The maximum absolute atomic E-state index is 10.9.